The Balaban J connectivity index is 1.70. The maximum Gasteiger partial charge on any atom is 0.338 e. The average Bonchev–Trinajstić information content (AvgIpc) is 3.23. The molecule has 0 radical (unpaired) electrons. The van der Waals surface area contributed by atoms with Gasteiger partial charge in [0.2, 0.25) is 11.1 Å². The van der Waals surface area contributed by atoms with Gasteiger partial charge in [-0.1, -0.05) is 60.6 Å². The molecule has 0 bridgehead atoms. The molecule has 0 saturated carbocycles. The van der Waals surface area contributed by atoms with Gasteiger partial charge in [-0.25, -0.2) is 9.48 Å². The number of aromatic nitrogens is 3. The number of rotatable bonds is 8. The summed E-state index contributed by atoms with van der Waals surface area (Å²) in [5.74, 6) is 1.51. The van der Waals surface area contributed by atoms with Crippen LogP contribution in [0, 0.1) is 0 Å². The third kappa shape index (κ3) is 5.02. The minimum Gasteiger partial charge on any atom is -0.497 e. The van der Waals surface area contributed by atoms with Crippen LogP contribution < -0.4 is 10.1 Å². The van der Waals surface area contributed by atoms with E-state index in [4.69, 9.17) is 26.2 Å². The summed E-state index contributed by atoms with van der Waals surface area (Å²) in [4.78, 5) is 17.7. The van der Waals surface area contributed by atoms with Gasteiger partial charge in [0.1, 0.15) is 11.8 Å². The minimum absolute atomic E-state index is 0.351. The third-order valence-corrected chi connectivity index (χ3v) is 6.47. The Morgan fingerprint density at radius 1 is 1.24 bits per heavy atom. The fourth-order valence-electron chi connectivity index (χ4n) is 3.61. The summed E-state index contributed by atoms with van der Waals surface area (Å²) < 4.78 is 12.7. The van der Waals surface area contributed by atoms with Crippen molar-refractivity contribution in [1.29, 1.82) is 0 Å². The standard InChI is InChI=1S/C24H25ClN4O3S/c1-4-12-32-22(30)20-15(2)26-23-27-24(33-14-17-8-5-6-11-19(17)25)28-29(23)21(20)16-9-7-10-18(13-16)31-3/h5-11,13,21H,4,12,14H2,1-3H3,(H,26,27,28). The number of thioether (sulfide) groups is 1. The van der Waals surface area contributed by atoms with Crippen LogP contribution in [0.15, 0.2) is 65.0 Å². The van der Waals surface area contributed by atoms with Gasteiger partial charge in [-0.05, 0) is 42.7 Å². The normalized spacial score (nSPS) is 15.1. The molecule has 0 saturated heterocycles. The smallest absolute Gasteiger partial charge is 0.338 e. The molecule has 0 spiro atoms. The molecule has 0 fully saturated rings. The van der Waals surface area contributed by atoms with Crippen molar-refractivity contribution in [2.75, 3.05) is 19.0 Å². The molecule has 33 heavy (non-hydrogen) atoms. The molecule has 172 valence electrons. The zero-order chi connectivity index (χ0) is 23.4. The Hall–Kier alpha value is -2.97. The highest BCUT2D eigenvalue weighted by atomic mass is 35.5. The Bertz CT molecular complexity index is 1190. The second kappa shape index (κ2) is 10.3. The number of nitrogens with zero attached hydrogens (tertiary/aromatic N) is 3. The van der Waals surface area contributed by atoms with Crippen LogP contribution in [0.1, 0.15) is 37.4 Å². The van der Waals surface area contributed by atoms with E-state index >= 15 is 0 Å². The number of hydrogen-bond acceptors (Lipinski definition) is 7. The van der Waals surface area contributed by atoms with Gasteiger partial charge < -0.3 is 14.8 Å². The van der Waals surface area contributed by atoms with Gasteiger partial charge in [-0.3, -0.25) is 0 Å². The molecular weight excluding hydrogens is 460 g/mol. The van der Waals surface area contributed by atoms with Crippen LogP contribution in [-0.4, -0.2) is 34.5 Å². The van der Waals surface area contributed by atoms with E-state index in [2.05, 4.69) is 10.3 Å². The first kappa shape index (κ1) is 23.2. The number of nitrogens with one attached hydrogen (secondary N) is 1. The summed E-state index contributed by atoms with van der Waals surface area (Å²) in [6.07, 6.45) is 0.743. The number of fused-ring (bicyclic) bond motifs is 1. The first-order chi connectivity index (χ1) is 16.0. The van der Waals surface area contributed by atoms with E-state index in [1.807, 2.05) is 62.4 Å². The molecule has 0 amide bonds. The maximum atomic E-state index is 13.0. The SMILES string of the molecule is CCCOC(=O)C1=C(C)Nc2nc(SCc3ccccc3Cl)nn2C1c1cccc(OC)c1. The molecule has 1 atom stereocenters. The molecule has 3 aromatic rings. The summed E-state index contributed by atoms with van der Waals surface area (Å²) >= 11 is 7.78. The van der Waals surface area contributed by atoms with Crippen LogP contribution in [0.3, 0.4) is 0 Å². The number of carbonyl (C=O) groups is 1. The number of carbonyl (C=O) groups excluding carboxylic acids is 1. The molecule has 1 aromatic heterocycles. The first-order valence-corrected chi connectivity index (χ1v) is 12.0. The quantitative estimate of drug-likeness (QED) is 0.335. The monoisotopic (exact) mass is 484 g/mol. The first-order valence-electron chi connectivity index (χ1n) is 10.6. The van der Waals surface area contributed by atoms with Gasteiger partial charge in [0.05, 0.1) is 19.3 Å². The molecule has 1 aliphatic rings. The topological polar surface area (TPSA) is 78.3 Å². The molecule has 7 nitrogen and oxygen atoms in total. The van der Waals surface area contributed by atoms with Crippen LogP contribution in [0.2, 0.25) is 5.02 Å². The third-order valence-electron chi connectivity index (χ3n) is 5.21. The number of ether oxygens (including phenoxy) is 2. The lowest BCUT2D eigenvalue weighted by molar-refractivity contribution is -0.139. The fraction of sp³-hybridized carbons (Fsp3) is 0.292. The molecule has 1 unspecified atom stereocenters. The van der Waals surface area contributed by atoms with E-state index < -0.39 is 6.04 Å². The average molecular weight is 485 g/mol. The Morgan fingerprint density at radius 2 is 2.06 bits per heavy atom. The van der Waals surface area contributed by atoms with Crippen molar-refractivity contribution in [2.24, 2.45) is 0 Å². The van der Waals surface area contributed by atoms with Crippen LogP contribution in [0.4, 0.5) is 5.95 Å². The molecule has 1 aliphatic heterocycles. The summed E-state index contributed by atoms with van der Waals surface area (Å²) in [7, 11) is 1.61. The van der Waals surface area contributed by atoms with E-state index in [9.17, 15) is 4.79 Å². The second-order valence-corrected chi connectivity index (χ2v) is 8.87. The molecule has 2 aromatic carbocycles. The summed E-state index contributed by atoms with van der Waals surface area (Å²) in [6, 6.07) is 14.8. The van der Waals surface area contributed by atoms with Crippen molar-refractivity contribution in [3.63, 3.8) is 0 Å². The minimum atomic E-state index is -0.497. The van der Waals surface area contributed by atoms with E-state index in [0.717, 1.165) is 17.5 Å². The van der Waals surface area contributed by atoms with Gasteiger partial charge in [-0.2, -0.15) is 4.98 Å². The summed E-state index contributed by atoms with van der Waals surface area (Å²) in [5.41, 5.74) is 3.04. The molecule has 0 aliphatic carbocycles. The lowest BCUT2D eigenvalue weighted by Crippen LogP contribution is -2.29. The highest BCUT2D eigenvalue weighted by molar-refractivity contribution is 7.98. The number of anilines is 1. The molecule has 9 heteroatoms. The lowest BCUT2D eigenvalue weighted by Gasteiger charge is -2.28. The van der Waals surface area contributed by atoms with Crippen molar-refractivity contribution < 1.29 is 14.3 Å². The number of allylic oxidation sites excluding steroid dienone is 1. The van der Waals surface area contributed by atoms with Crippen LogP contribution in [0.25, 0.3) is 0 Å². The predicted octanol–water partition coefficient (Wildman–Crippen LogP) is 5.47. The van der Waals surface area contributed by atoms with Gasteiger partial charge >= 0.3 is 5.97 Å². The Kier molecular flexibility index (Phi) is 7.25. The second-order valence-electron chi connectivity index (χ2n) is 7.52. The zero-order valence-electron chi connectivity index (χ0n) is 18.7. The molecule has 2 heterocycles. The van der Waals surface area contributed by atoms with Crippen molar-refractivity contribution >= 4 is 35.3 Å². The van der Waals surface area contributed by atoms with E-state index in [0.29, 0.717) is 45.5 Å². The fourth-order valence-corrected chi connectivity index (χ4v) is 4.72. The number of methoxy groups -OCH3 is 1. The highest BCUT2D eigenvalue weighted by Gasteiger charge is 2.35. The van der Waals surface area contributed by atoms with Gasteiger partial charge in [0, 0.05) is 16.5 Å². The largest absolute Gasteiger partial charge is 0.497 e. The molecule has 4 rings (SSSR count). The van der Waals surface area contributed by atoms with Crippen LogP contribution in [0.5, 0.6) is 5.75 Å². The van der Waals surface area contributed by atoms with Gasteiger partial charge in [0.25, 0.3) is 0 Å². The Labute approximate surface area is 202 Å². The maximum absolute atomic E-state index is 13.0. The van der Waals surface area contributed by atoms with E-state index in [1.54, 1.807) is 11.8 Å². The number of hydrogen-bond donors (Lipinski definition) is 1. The number of esters is 1. The van der Waals surface area contributed by atoms with Crippen LogP contribution in [-0.2, 0) is 15.3 Å². The van der Waals surface area contributed by atoms with Crippen molar-refractivity contribution in [3.05, 3.63) is 76.0 Å². The zero-order valence-corrected chi connectivity index (χ0v) is 20.2. The van der Waals surface area contributed by atoms with E-state index in [-0.39, 0.29) is 5.97 Å². The number of benzene rings is 2. The lowest BCUT2D eigenvalue weighted by atomic mass is 9.95. The van der Waals surface area contributed by atoms with Crippen molar-refractivity contribution in [3.8, 4) is 5.75 Å². The van der Waals surface area contributed by atoms with Crippen molar-refractivity contribution in [1.82, 2.24) is 14.8 Å². The molecular formula is C24H25ClN4O3S. The summed E-state index contributed by atoms with van der Waals surface area (Å²) in [5, 5.41) is 9.25. The molecule has 1 N–H and O–H groups in total. The number of halogens is 1. The van der Waals surface area contributed by atoms with E-state index in [1.165, 1.54) is 11.8 Å². The van der Waals surface area contributed by atoms with Gasteiger partial charge in [0.15, 0.2) is 0 Å². The van der Waals surface area contributed by atoms with Gasteiger partial charge in [-0.15, -0.1) is 5.10 Å². The highest BCUT2D eigenvalue weighted by Crippen LogP contribution is 2.38. The Morgan fingerprint density at radius 3 is 2.82 bits per heavy atom. The predicted molar refractivity (Wildman–Crippen MR) is 130 cm³/mol. The van der Waals surface area contributed by atoms with Crippen molar-refractivity contribution in [2.45, 2.75) is 37.2 Å². The van der Waals surface area contributed by atoms with Crippen LogP contribution >= 0.6 is 23.4 Å². The summed E-state index contributed by atoms with van der Waals surface area (Å²) in [6.45, 7) is 4.17.